The van der Waals surface area contributed by atoms with Crippen LogP contribution in [0, 0.1) is 11.6 Å². The fourth-order valence-corrected chi connectivity index (χ4v) is 10.6. The van der Waals surface area contributed by atoms with Crippen LogP contribution in [-0.4, -0.2) is 122 Å². The molecule has 5 aliphatic rings. The molecule has 5 amide bonds. The highest BCUT2D eigenvalue weighted by atomic mass is 32.1. The number of hydrogen-bond donors (Lipinski definition) is 2. The number of piperidine rings is 2. The second kappa shape index (κ2) is 18.5. The second-order valence-corrected chi connectivity index (χ2v) is 18.7. The molecule has 2 N–H and O–H groups in total. The summed E-state index contributed by atoms with van der Waals surface area (Å²) in [6.07, 6.45) is 7.04. The molecule has 10 rings (SSSR count). The van der Waals surface area contributed by atoms with Gasteiger partial charge in [0.15, 0.2) is 10.9 Å². The van der Waals surface area contributed by atoms with Gasteiger partial charge in [-0.25, -0.2) is 23.6 Å². The number of amides is 5. The molecule has 18 heteroatoms. The van der Waals surface area contributed by atoms with Crippen molar-refractivity contribution in [3.8, 4) is 11.1 Å². The van der Waals surface area contributed by atoms with Gasteiger partial charge in [-0.3, -0.25) is 39.1 Å². The maximum Gasteiger partial charge on any atom is 0.255 e. The fraction of sp³-hybridized carbons (Fsp3) is 0.396. The Bertz CT molecular complexity index is 2680. The molecule has 15 nitrogen and oxygen atoms in total. The van der Waals surface area contributed by atoms with Gasteiger partial charge in [-0.1, -0.05) is 30.3 Å². The number of anilines is 3. The molecule has 5 aromatic rings. The first-order chi connectivity index (χ1) is 32.0. The minimum absolute atomic E-state index is 0.00655. The number of thiazole rings is 1. The smallest absolute Gasteiger partial charge is 0.255 e. The number of imide groups is 1. The molecule has 0 unspecified atom stereocenters. The van der Waals surface area contributed by atoms with E-state index in [1.54, 1.807) is 36.1 Å². The summed E-state index contributed by atoms with van der Waals surface area (Å²) in [4.78, 5) is 82.7. The van der Waals surface area contributed by atoms with Crippen molar-refractivity contribution in [2.45, 2.75) is 70.1 Å². The number of nitrogens with zero attached hydrogens (tertiary/aromatic N) is 8. The molecule has 5 aliphatic heterocycles. The highest BCUT2D eigenvalue weighted by Crippen LogP contribution is 2.36. The number of carbonyl (C=O) groups excluding carboxylic acids is 5. The molecule has 0 bridgehead atoms. The minimum Gasteiger partial charge on any atom is -0.374 e. The van der Waals surface area contributed by atoms with Crippen LogP contribution in [0.3, 0.4) is 0 Å². The summed E-state index contributed by atoms with van der Waals surface area (Å²) in [6.45, 7) is 5.87. The van der Waals surface area contributed by atoms with Crippen molar-refractivity contribution in [2.24, 2.45) is 0 Å². The summed E-state index contributed by atoms with van der Waals surface area (Å²) in [5.74, 6) is -1.69. The number of hydrogen-bond acceptors (Lipinski definition) is 11. The summed E-state index contributed by atoms with van der Waals surface area (Å²) in [5.41, 5.74) is 5.05. The number of rotatable bonds is 12. The lowest BCUT2D eigenvalue weighted by molar-refractivity contribution is -0.135. The van der Waals surface area contributed by atoms with Crippen LogP contribution in [0.2, 0.25) is 0 Å². The Labute approximate surface area is 384 Å². The van der Waals surface area contributed by atoms with Crippen LogP contribution in [0.15, 0.2) is 72.5 Å². The molecule has 3 aromatic carbocycles. The molecule has 0 saturated carbocycles. The maximum absolute atomic E-state index is 15.7. The third-order valence-corrected chi connectivity index (χ3v) is 14.3. The van der Waals surface area contributed by atoms with Crippen LogP contribution in [0.1, 0.15) is 70.8 Å². The Morgan fingerprint density at radius 2 is 1.62 bits per heavy atom. The van der Waals surface area contributed by atoms with Gasteiger partial charge in [0.25, 0.3) is 11.8 Å². The Balaban J connectivity index is 0.685. The zero-order valence-electron chi connectivity index (χ0n) is 36.4. The van der Waals surface area contributed by atoms with E-state index >= 15 is 8.78 Å². The van der Waals surface area contributed by atoms with E-state index in [0.29, 0.717) is 66.7 Å². The molecule has 3 fully saturated rings. The van der Waals surface area contributed by atoms with E-state index < -0.39 is 23.7 Å². The topological polar surface area (TPSA) is 156 Å². The quantitative estimate of drug-likeness (QED) is 0.158. The summed E-state index contributed by atoms with van der Waals surface area (Å²) in [5, 5.41) is 7.60. The lowest BCUT2D eigenvalue weighted by Crippen LogP contribution is -2.50. The van der Waals surface area contributed by atoms with Crippen LogP contribution in [0.25, 0.3) is 11.1 Å². The first-order valence-corrected chi connectivity index (χ1v) is 23.5. The summed E-state index contributed by atoms with van der Waals surface area (Å²) in [6, 6.07) is 15.4. The van der Waals surface area contributed by atoms with Crippen molar-refractivity contribution >= 4 is 57.5 Å². The van der Waals surface area contributed by atoms with E-state index in [4.69, 9.17) is 0 Å². The third-order valence-electron chi connectivity index (χ3n) is 13.6. The Kier molecular flexibility index (Phi) is 12.2. The summed E-state index contributed by atoms with van der Waals surface area (Å²) in [7, 11) is 0. The number of piperazine rings is 1. The second-order valence-electron chi connectivity index (χ2n) is 17.8. The number of halogens is 2. The van der Waals surface area contributed by atoms with Crippen molar-refractivity contribution in [2.75, 3.05) is 62.6 Å². The van der Waals surface area contributed by atoms with Gasteiger partial charge in [0, 0.05) is 87.2 Å². The van der Waals surface area contributed by atoms with Gasteiger partial charge >= 0.3 is 0 Å². The van der Waals surface area contributed by atoms with Crippen LogP contribution < -0.4 is 15.5 Å². The largest absolute Gasteiger partial charge is 0.374 e. The van der Waals surface area contributed by atoms with Crippen molar-refractivity contribution in [3.05, 3.63) is 112 Å². The first-order valence-electron chi connectivity index (χ1n) is 22.6. The zero-order chi connectivity index (χ0) is 45.5. The van der Waals surface area contributed by atoms with Crippen molar-refractivity contribution in [1.82, 2.24) is 39.5 Å². The molecular weight excluding hydrogens is 867 g/mol. The fourth-order valence-electron chi connectivity index (χ4n) is 9.92. The summed E-state index contributed by atoms with van der Waals surface area (Å²) < 4.78 is 33.0. The lowest BCUT2D eigenvalue weighted by Gasteiger charge is -2.37. The predicted molar refractivity (Wildman–Crippen MR) is 243 cm³/mol. The Morgan fingerprint density at radius 1 is 0.833 bits per heavy atom. The van der Waals surface area contributed by atoms with Crippen molar-refractivity contribution in [3.63, 3.8) is 0 Å². The maximum atomic E-state index is 15.7. The monoisotopic (exact) mass is 916 g/mol. The number of carbonyl (C=O) groups is 5. The predicted octanol–water partition coefficient (Wildman–Crippen LogP) is 5.29. The van der Waals surface area contributed by atoms with Crippen LogP contribution in [0.4, 0.5) is 25.4 Å². The van der Waals surface area contributed by atoms with Gasteiger partial charge in [0.05, 0.1) is 25.1 Å². The molecule has 66 heavy (non-hydrogen) atoms. The van der Waals surface area contributed by atoms with E-state index in [9.17, 15) is 24.0 Å². The Hall–Kier alpha value is -6.37. The summed E-state index contributed by atoms with van der Waals surface area (Å²) >= 11 is 1.32. The molecule has 7 heterocycles. The van der Waals surface area contributed by atoms with Gasteiger partial charge in [0.2, 0.25) is 17.7 Å². The number of aryl methyl sites for hydroxylation is 1. The van der Waals surface area contributed by atoms with E-state index in [2.05, 4.69) is 30.4 Å². The average molecular weight is 917 g/mol. The standard InChI is InChI=1S/C48H50F2N10O5S/c49-38-23-33(22-36-37(38)26-59(47(36)65)28-44(63)60(48-51-13-21-66-48)45-41-2-1-14-58(41)29-52-45)31-5-3-30(4-6-31)25-55-17-19-56(20-18-55)27-43(62)57-15-11-32(12-16-57)35-8-7-34(24-39(35)50)53-40-9-10-42(61)54-46(40)64/h3-8,13,21-24,29,32,40,53H,1-2,9-12,14-20,25-28H2,(H,54,61,64)/t40-/m0/s1. The lowest BCUT2D eigenvalue weighted by atomic mass is 9.88. The van der Waals surface area contributed by atoms with Gasteiger partial charge < -0.3 is 19.7 Å². The number of likely N-dealkylation sites (tertiary alicyclic amines) is 1. The third kappa shape index (κ3) is 8.96. The van der Waals surface area contributed by atoms with Crippen LogP contribution in [0.5, 0.6) is 0 Å². The number of nitrogens with one attached hydrogen (secondary N) is 2. The van der Waals surface area contributed by atoms with E-state index in [-0.39, 0.29) is 60.1 Å². The number of aromatic nitrogens is 3. The van der Waals surface area contributed by atoms with Crippen LogP contribution in [-0.2, 0) is 45.2 Å². The molecule has 0 spiro atoms. The SMILES string of the molecule is O=C1CC[C@H](Nc2ccc(C3CCN(C(=O)CN4CCN(Cc5ccc(-c6cc(F)c7c(c6)C(=O)N(CC(=O)N(c6nccs6)c6ncn8c6CCC8)C7)cc5)CC4)CC3)c(F)c2)C(=O)N1. The number of imidazole rings is 1. The highest BCUT2D eigenvalue weighted by Gasteiger charge is 2.36. The van der Waals surface area contributed by atoms with Crippen LogP contribution >= 0.6 is 11.3 Å². The molecule has 3 saturated heterocycles. The highest BCUT2D eigenvalue weighted by molar-refractivity contribution is 7.13. The molecule has 0 radical (unpaired) electrons. The molecular formula is C48H50F2N10O5S. The molecule has 1 atom stereocenters. The van der Waals surface area contributed by atoms with E-state index in [1.807, 2.05) is 33.7 Å². The van der Waals surface area contributed by atoms with Gasteiger partial charge in [0.1, 0.15) is 24.2 Å². The van der Waals surface area contributed by atoms with E-state index in [0.717, 1.165) is 68.9 Å². The number of fused-ring (bicyclic) bond motifs is 2. The molecule has 2 aromatic heterocycles. The van der Waals surface area contributed by atoms with Crippen molar-refractivity contribution in [1.29, 1.82) is 0 Å². The Morgan fingerprint density at radius 3 is 2.36 bits per heavy atom. The van der Waals surface area contributed by atoms with Crippen molar-refractivity contribution < 1.29 is 32.8 Å². The zero-order valence-corrected chi connectivity index (χ0v) is 37.2. The van der Waals surface area contributed by atoms with E-state index in [1.165, 1.54) is 33.3 Å². The van der Waals surface area contributed by atoms with Gasteiger partial charge in [-0.15, -0.1) is 11.3 Å². The molecule has 0 aliphatic carbocycles. The first kappa shape index (κ1) is 43.5. The molecule has 342 valence electrons. The minimum atomic E-state index is -0.584. The normalized spacial score (nSPS) is 19.2. The average Bonchev–Trinajstić information content (AvgIpc) is 4.14. The van der Waals surface area contributed by atoms with Gasteiger partial charge in [-0.2, -0.15) is 0 Å². The van der Waals surface area contributed by atoms with Gasteiger partial charge in [-0.05, 0) is 84.5 Å². The number of benzene rings is 3.